The third-order valence-electron chi connectivity index (χ3n) is 4.48. The van der Waals surface area contributed by atoms with Crippen LogP contribution in [-0.4, -0.2) is 40.8 Å². The number of fused-ring (bicyclic) bond motifs is 1. The number of aromatic nitrogens is 2. The Hall–Kier alpha value is -2.61. The Morgan fingerprint density at radius 3 is 3.08 bits per heavy atom. The second-order valence-electron chi connectivity index (χ2n) is 6.26. The minimum Gasteiger partial charge on any atom is -0.454 e. The molecule has 25 heavy (non-hydrogen) atoms. The van der Waals surface area contributed by atoms with Crippen molar-refractivity contribution in [3.05, 3.63) is 35.5 Å². The number of nitrogens with one attached hydrogen (secondary N) is 1. The SMILES string of the molecule is Cc1nc([C@H]2CCCN2CC(=O)NCc2ccc3c(c2)OCO3)no1. The fourth-order valence-corrected chi connectivity index (χ4v) is 3.25. The third kappa shape index (κ3) is 3.43. The van der Waals surface area contributed by atoms with Crippen LogP contribution in [0.15, 0.2) is 22.7 Å². The first-order valence-corrected chi connectivity index (χ1v) is 8.38. The normalized spacial score (nSPS) is 19.3. The Bertz CT molecular complexity index is 776. The van der Waals surface area contributed by atoms with Crippen molar-refractivity contribution in [2.75, 3.05) is 19.9 Å². The molecule has 1 atom stereocenters. The van der Waals surface area contributed by atoms with Crippen molar-refractivity contribution in [2.45, 2.75) is 32.4 Å². The van der Waals surface area contributed by atoms with Gasteiger partial charge in [-0.1, -0.05) is 11.2 Å². The Balaban J connectivity index is 1.32. The van der Waals surface area contributed by atoms with E-state index in [2.05, 4.69) is 20.4 Å². The van der Waals surface area contributed by atoms with Crippen molar-refractivity contribution >= 4 is 5.91 Å². The van der Waals surface area contributed by atoms with Crippen molar-refractivity contribution in [2.24, 2.45) is 0 Å². The summed E-state index contributed by atoms with van der Waals surface area (Å²) in [4.78, 5) is 18.7. The van der Waals surface area contributed by atoms with Crippen LogP contribution in [0.1, 0.15) is 36.2 Å². The summed E-state index contributed by atoms with van der Waals surface area (Å²) < 4.78 is 15.7. The van der Waals surface area contributed by atoms with Gasteiger partial charge in [0.1, 0.15) is 0 Å². The number of carbonyl (C=O) groups is 1. The van der Waals surface area contributed by atoms with E-state index in [4.69, 9.17) is 14.0 Å². The molecule has 132 valence electrons. The van der Waals surface area contributed by atoms with E-state index in [0.717, 1.165) is 36.4 Å². The summed E-state index contributed by atoms with van der Waals surface area (Å²) in [5.74, 6) is 2.65. The van der Waals surface area contributed by atoms with Gasteiger partial charge in [0.05, 0.1) is 12.6 Å². The molecular formula is C17H20N4O4. The first-order valence-electron chi connectivity index (χ1n) is 8.38. The first kappa shape index (κ1) is 15.9. The number of ether oxygens (including phenoxy) is 2. The summed E-state index contributed by atoms with van der Waals surface area (Å²) in [6.45, 7) is 3.65. The Morgan fingerprint density at radius 2 is 2.24 bits per heavy atom. The maximum atomic E-state index is 12.3. The topological polar surface area (TPSA) is 89.7 Å². The van der Waals surface area contributed by atoms with E-state index in [1.165, 1.54) is 0 Å². The summed E-state index contributed by atoms with van der Waals surface area (Å²) in [6.07, 6.45) is 1.96. The van der Waals surface area contributed by atoms with Crippen LogP contribution in [0.25, 0.3) is 0 Å². The second-order valence-corrected chi connectivity index (χ2v) is 6.26. The van der Waals surface area contributed by atoms with Gasteiger partial charge in [0.25, 0.3) is 0 Å². The highest BCUT2D eigenvalue weighted by atomic mass is 16.7. The van der Waals surface area contributed by atoms with Gasteiger partial charge in [-0.05, 0) is 37.1 Å². The molecule has 0 radical (unpaired) electrons. The highest BCUT2D eigenvalue weighted by Gasteiger charge is 2.30. The highest BCUT2D eigenvalue weighted by molar-refractivity contribution is 5.78. The van der Waals surface area contributed by atoms with Crippen LogP contribution < -0.4 is 14.8 Å². The fraction of sp³-hybridized carbons (Fsp3) is 0.471. The third-order valence-corrected chi connectivity index (χ3v) is 4.48. The molecule has 0 aliphatic carbocycles. The standard InChI is InChI=1S/C17H20N4O4/c1-11-19-17(20-25-11)13-3-2-6-21(13)9-16(22)18-8-12-4-5-14-15(7-12)24-10-23-14/h4-5,7,13H,2-3,6,8-10H2,1H3,(H,18,22)/t13-/m1/s1. The van der Waals surface area contributed by atoms with Gasteiger partial charge < -0.3 is 19.3 Å². The molecule has 0 unspecified atom stereocenters. The first-order chi connectivity index (χ1) is 12.2. The molecule has 1 aromatic carbocycles. The molecular weight excluding hydrogens is 324 g/mol. The van der Waals surface area contributed by atoms with E-state index in [1.807, 2.05) is 18.2 Å². The molecule has 2 aromatic rings. The predicted molar refractivity (Wildman–Crippen MR) is 87.0 cm³/mol. The molecule has 8 heteroatoms. The highest BCUT2D eigenvalue weighted by Crippen LogP contribution is 2.32. The zero-order valence-electron chi connectivity index (χ0n) is 14.0. The molecule has 3 heterocycles. The van der Waals surface area contributed by atoms with Gasteiger partial charge in [-0.25, -0.2) is 0 Å². The van der Waals surface area contributed by atoms with Crippen LogP contribution in [0.2, 0.25) is 0 Å². The molecule has 1 saturated heterocycles. The van der Waals surface area contributed by atoms with Crippen LogP contribution in [0.4, 0.5) is 0 Å². The van der Waals surface area contributed by atoms with Gasteiger partial charge in [-0.3, -0.25) is 9.69 Å². The predicted octanol–water partition coefficient (Wildman–Crippen LogP) is 1.56. The second kappa shape index (κ2) is 6.72. The van der Waals surface area contributed by atoms with Crippen molar-refractivity contribution in [3.63, 3.8) is 0 Å². The van der Waals surface area contributed by atoms with E-state index in [1.54, 1.807) is 6.92 Å². The lowest BCUT2D eigenvalue weighted by Gasteiger charge is -2.21. The number of hydrogen-bond donors (Lipinski definition) is 1. The molecule has 8 nitrogen and oxygen atoms in total. The van der Waals surface area contributed by atoms with Gasteiger partial charge in [0, 0.05) is 13.5 Å². The summed E-state index contributed by atoms with van der Waals surface area (Å²) in [6, 6.07) is 5.73. The maximum absolute atomic E-state index is 12.3. The van der Waals surface area contributed by atoms with Gasteiger partial charge in [0.15, 0.2) is 17.3 Å². The fourth-order valence-electron chi connectivity index (χ4n) is 3.25. The average molecular weight is 344 g/mol. The summed E-state index contributed by atoms with van der Waals surface area (Å²) in [7, 11) is 0. The minimum atomic E-state index is -0.0233. The molecule has 1 aromatic heterocycles. The zero-order chi connectivity index (χ0) is 17.2. The van der Waals surface area contributed by atoms with E-state index < -0.39 is 0 Å². The Morgan fingerprint density at radius 1 is 1.36 bits per heavy atom. The molecule has 0 saturated carbocycles. The van der Waals surface area contributed by atoms with Crippen molar-refractivity contribution in [1.82, 2.24) is 20.4 Å². The lowest BCUT2D eigenvalue weighted by atomic mass is 10.2. The van der Waals surface area contributed by atoms with E-state index in [9.17, 15) is 4.79 Å². The Labute approximate surface area is 145 Å². The van der Waals surface area contributed by atoms with Crippen molar-refractivity contribution < 1.29 is 18.8 Å². The van der Waals surface area contributed by atoms with E-state index in [0.29, 0.717) is 24.8 Å². The molecule has 2 aliphatic rings. The molecule has 1 N–H and O–H groups in total. The van der Waals surface area contributed by atoms with Crippen LogP contribution in [0, 0.1) is 6.92 Å². The van der Waals surface area contributed by atoms with Crippen LogP contribution in [0.3, 0.4) is 0 Å². The number of carbonyl (C=O) groups excluding carboxylic acids is 1. The molecule has 0 spiro atoms. The lowest BCUT2D eigenvalue weighted by molar-refractivity contribution is -0.122. The number of nitrogens with zero attached hydrogens (tertiary/aromatic N) is 3. The molecule has 4 rings (SSSR count). The van der Waals surface area contributed by atoms with E-state index in [-0.39, 0.29) is 18.7 Å². The Kier molecular flexibility index (Phi) is 4.27. The maximum Gasteiger partial charge on any atom is 0.234 e. The smallest absolute Gasteiger partial charge is 0.234 e. The average Bonchev–Trinajstić information content (AvgIpc) is 3.32. The number of benzene rings is 1. The number of aryl methyl sites for hydroxylation is 1. The lowest BCUT2D eigenvalue weighted by Crippen LogP contribution is -2.36. The largest absolute Gasteiger partial charge is 0.454 e. The molecule has 0 bridgehead atoms. The zero-order valence-corrected chi connectivity index (χ0v) is 14.0. The van der Waals surface area contributed by atoms with Gasteiger partial charge in [0.2, 0.25) is 18.6 Å². The molecule has 2 aliphatic heterocycles. The van der Waals surface area contributed by atoms with Gasteiger partial charge in [-0.2, -0.15) is 4.98 Å². The molecule has 1 amide bonds. The van der Waals surface area contributed by atoms with Crippen LogP contribution in [0.5, 0.6) is 11.5 Å². The van der Waals surface area contributed by atoms with E-state index >= 15 is 0 Å². The number of hydrogen-bond acceptors (Lipinski definition) is 7. The summed E-state index contributed by atoms with van der Waals surface area (Å²) in [5, 5.41) is 6.95. The van der Waals surface area contributed by atoms with Gasteiger partial charge >= 0.3 is 0 Å². The number of amides is 1. The van der Waals surface area contributed by atoms with Gasteiger partial charge in [-0.15, -0.1) is 0 Å². The van der Waals surface area contributed by atoms with Crippen molar-refractivity contribution in [3.8, 4) is 11.5 Å². The van der Waals surface area contributed by atoms with Crippen LogP contribution in [-0.2, 0) is 11.3 Å². The number of rotatable bonds is 5. The number of likely N-dealkylation sites (tertiary alicyclic amines) is 1. The monoisotopic (exact) mass is 344 g/mol. The minimum absolute atomic E-state index is 0.0233. The summed E-state index contributed by atoms with van der Waals surface area (Å²) >= 11 is 0. The molecule has 1 fully saturated rings. The van der Waals surface area contributed by atoms with Crippen molar-refractivity contribution in [1.29, 1.82) is 0 Å². The quantitative estimate of drug-likeness (QED) is 0.880. The summed E-state index contributed by atoms with van der Waals surface area (Å²) in [5.41, 5.74) is 0.976. The van der Waals surface area contributed by atoms with Crippen LogP contribution >= 0.6 is 0 Å².